The van der Waals surface area contributed by atoms with E-state index in [0.29, 0.717) is 27.1 Å². The first-order chi connectivity index (χ1) is 21.1. The Morgan fingerprint density at radius 3 is 2.32 bits per heavy atom. The minimum absolute atomic E-state index is 0.0555. The molecule has 6 aromatic rings. The second-order valence-electron chi connectivity index (χ2n) is 10.2. The lowest BCUT2D eigenvalue weighted by Crippen LogP contribution is -2.13. The van der Waals surface area contributed by atoms with Gasteiger partial charge < -0.3 is 4.74 Å². The molecule has 8 nitrogen and oxygen atoms in total. The molecule has 0 aliphatic heterocycles. The van der Waals surface area contributed by atoms with Gasteiger partial charge in [0.05, 0.1) is 21.9 Å². The quantitative estimate of drug-likeness (QED) is 0.119. The summed E-state index contributed by atoms with van der Waals surface area (Å²) < 4.78 is 66.0. The Hall–Kier alpha value is -4.22. The van der Waals surface area contributed by atoms with Crippen LogP contribution in [0.25, 0.3) is 21.7 Å². The van der Waals surface area contributed by atoms with Crippen LogP contribution < -0.4 is 4.74 Å². The van der Waals surface area contributed by atoms with Gasteiger partial charge in [0.2, 0.25) is 9.84 Å². The van der Waals surface area contributed by atoms with Crippen LogP contribution in [0.3, 0.4) is 0 Å². The summed E-state index contributed by atoms with van der Waals surface area (Å²) in [6, 6.07) is 31.1. The van der Waals surface area contributed by atoms with Crippen molar-refractivity contribution in [1.29, 1.82) is 0 Å². The van der Waals surface area contributed by atoms with E-state index in [-0.39, 0.29) is 34.6 Å². The van der Waals surface area contributed by atoms with Crippen molar-refractivity contribution >= 4 is 53.2 Å². The Kier molecular flexibility index (Phi) is 8.17. The van der Waals surface area contributed by atoms with Gasteiger partial charge in [-0.25, -0.2) is 8.42 Å². The topological polar surface area (TPSA) is 105 Å². The zero-order valence-electron chi connectivity index (χ0n) is 23.6. The second-order valence-corrected chi connectivity index (χ2v) is 14.1. The van der Waals surface area contributed by atoms with Crippen LogP contribution in [0.5, 0.6) is 5.75 Å². The smallest absolute Gasteiger partial charge is 0.297 e. The first-order valence-electron chi connectivity index (χ1n) is 13.7. The molecule has 0 saturated carbocycles. The average molecular weight is 647 g/mol. The van der Waals surface area contributed by atoms with Crippen LogP contribution in [0.4, 0.5) is 0 Å². The standard InChI is InChI=1S/C33H27ClN2O6S2/c1-23-12-15-28(16-13-23)44(39,40)42-19-18-41-27-14-17-31-30(21-27)33(35-36(31)22-24-6-4-9-26(34)20-24)43(37,38)32-11-5-8-25-7-2-3-10-29(25)32/h2-17,20-21H,18-19,22H2,1H3. The van der Waals surface area contributed by atoms with Gasteiger partial charge >= 0.3 is 0 Å². The summed E-state index contributed by atoms with van der Waals surface area (Å²) in [5.41, 5.74) is 2.36. The summed E-state index contributed by atoms with van der Waals surface area (Å²) in [7, 11) is -8.04. The van der Waals surface area contributed by atoms with E-state index in [4.69, 9.17) is 20.5 Å². The third kappa shape index (κ3) is 6.07. The number of ether oxygens (including phenoxy) is 1. The maximum Gasteiger partial charge on any atom is 0.297 e. The van der Waals surface area contributed by atoms with Crippen LogP contribution >= 0.6 is 11.6 Å². The molecule has 6 rings (SSSR count). The molecule has 1 aromatic heterocycles. The minimum atomic E-state index is -4.08. The lowest BCUT2D eigenvalue weighted by Gasteiger charge is -2.09. The predicted molar refractivity (Wildman–Crippen MR) is 169 cm³/mol. The molecule has 0 bridgehead atoms. The SMILES string of the molecule is Cc1ccc(S(=O)(=O)OCCOc2ccc3c(c2)c(S(=O)(=O)c2cccc4ccccc24)nn3Cc2cccc(Cl)c2)cc1. The van der Waals surface area contributed by atoms with Gasteiger partial charge in [0.1, 0.15) is 19.0 Å². The number of benzene rings is 5. The number of fused-ring (bicyclic) bond motifs is 2. The van der Waals surface area contributed by atoms with Gasteiger partial charge in [-0.15, -0.1) is 0 Å². The number of nitrogens with zero attached hydrogens (tertiary/aromatic N) is 2. The van der Waals surface area contributed by atoms with Gasteiger partial charge in [-0.1, -0.05) is 77.8 Å². The van der Waals surface area contributed by atoms with Crippen LogP contribution in [-0.2, 0) is 30.7 Å². The Labute approximate surface area is 260 Å². The molecule has 0 aliphatic rings. The van der Waals surface area contributed by atoms with Crippen molar-refractivity contribution in [2.75, 3.05) is 13.2 Å². The molecule has 0 fully saturated rings. The van der Waals surface area contributed by atoms with Gasteiger partial charge in [0, 0.05) is 15.8 Å². The molecular weight excluding hydrogens is 620 g/mol. The van der Waals surface area contributed by atoms with E-state index in [9.17, 15) is 16.8 Å². The molecule has 5 aromatic carbocycles. The van der Waals surface area contributed by atoms with E-state index in [1.807, 2.05) is 37.3 Å². The zero-order chi connectivity index (χ0) is 30.9. The summed E-state index contributed by atoms with van der Waals surface area (Å²) in [5, 5.41) is 6.80. The number of aromatic nitrogens is 2. The third-order valence-electron chi connectivity index (χ3n) is 7.10. The van der Waals surface area contributed by atoms with Gasteiger partial charge in [-0.05, 0) is 66.4 Å². The van der Waals surface area contributed by atoms with E-state index >= 15 is 0 Å². The van der Waals surface area contributed by atoms with Crippen molar-refractivity contribution in [1.82, 2.24) is 9.78 Å². The summed E-state index contributed by atoms with van der Waals surface area (Å²) in [6.07, 6.45) is 0. The van der Waals surface area contributed by atoms with Crippen LogP contribution in [0.1, 0.15) is 11.1 Å². The Bertz CT molecular complexity index is 2210. The van der Waals surface area contributed by atoms with E-state index in [1.54, 1.807) is 71.4 Å². The fourth-order valence-electron chi connectivity index (χ4n) is 4.96. The molecule has 11 heteroatoms. The van der Waals surface area contributed by atoms with Crippen LogP contribution in [0, 0.1) is 6.92 Å². The van der Waals surface area contributed by atoms with Gasteiger partial charge in [-0.2, -0.15) is 13.5 Å². The summed E-state index contributed by atoms with van der Waals surface area (Å²) in [5.74, 6) is 0.338. The Balaban J connectivity index is 1.33. The molecule has 0 N–H and O–H groups in total. The number of hydrogen-bond acceptors (Lipinski definition) is 7. The van der Waals surface area contributed by atoms with Crippen LogP contribution in [0.15, 0.2) is 124 Å². The molecular formula is C33H27ClN2O6S2. The third-order valence-corrected chi connectivity index (χ3v) is 10.4. The molecule has 0 unspecified atom stereocenters. The highest BCUT2D eigenvalue weighted by atomic mass is 35.5. The highest BCUT2D eigenvalue weighted by molar-refractivity contribution is 7.91. The van der Waals surface area contributed by atoms with Crippen molar-refractivity contribution < 1.29 is 25.8 Å². The van der Waals surface area contributed by atoms with E-state index in [2.05, 4.69) is 5.10 Å². The molecule has 1 heterocycles. The normalized spacial score (nSPS) is 12.1. The molecule has 0 atom stereocenters. The number of aryl methyl sites for hydroxylation is 1. The van der Waals surface area contributed by atoms with E-state index in [0.717, 1.165) is 16.5 Å². The van der Waals surface area contributed by atoms with Gasteiger partial charge in [-0.3, -0.25) is 8.86 Å². The van der Waals surface area contributed by atoms with E-state index < -0.39 is 20.0 Å². The summed E-state index contributed by atoms with van der Waals surface area (Å²) in [6.45, 7) is 1.83. The monoisotopic (exact) mass is 646 g/mol. The molecule has 0 spiro atoms. The molecule has 0 amide bonds. The molecule has 0 saturated heterocycles. The number of sulfone groups is 1. The van der Waals surface area contributed by atoms with Crippen molar-refractivity contribution in [3.63, 3.8) is 0 Å². The van der Waals surface area contributed by atoms with Crippen molar-refractivity contribution in [3.8, 4) is 5.75 Å². The molecule has 44 heavy (non-hydrogen) atoms. The molecule has 0 aliphatic carbocycles. The minimum Gasteiger partial charge on any atom is -0.491 e. The van der Waals surface area contributed by atoms with Crippen molar-refractivity contribution in [3.05, 3.63) is 125 Å². The number of rotatable bonds is 10. The highest BCUT2D eigenvalue weighted by Crippen LogP contribution is 2.34. The van der Waals surface area contributed by atoms with Crippen LogP contribution in [-0.4, -0.2) is 39.8 Å². The van der Waals surface area contributed by atoms with Gasteiger partial charge in [0.25, 0.3) is 10.1 Å². The maximum atomic E-state index is 14.2. The fraction of sp³-hybridized carbons (Fsp3) is 0.121. The molecule has 0 radical (unpaired) electrons. The number of hydrogen-bond donors (Lipinski definition) is 0. The summed E-state index contributed by atoms with van der Waals surface area (Å²) >= 11 is 6.20. The van der Waals surface area contributed by atoms with Crippen LogP contribution in [0.2, 0.25) is 5.02 Å². The van der Waals surface area contributed by atoms with E-state index in [1.165, 1.54) is 12.1 Å². The second kappa shape index (κ2) is 12.0. The first-order valence-corrected chi connectivity index (χ1v) is 17.0. The Morgan fingerprint density at radius 1 is 0.773 bits per heavy atom. The largest absolute Gasteiger partial charge is 0.491 e. The summed E-state index contributed by atoms with van der Waals surface area (Å²) in [4.78, 5) is 0.200. The maximum absolute atomic E-state index is 14.2. The Morgan fingerprint density at radius 2 is 1.52 bits per heavy atom. The lowest BCUT2D eigenvalue weighted by atomic mass is 10.1. The highest BCUT2D eigenvalue weighted by Gasteiger charge is 2.28. The lowest BCUT2D eigenvalue weighted by molar-refractivity contribution is 0.221. The van der Waals surface area contributed by atoms with Gasteiger partial charge in [0.15, 0.2) is 5.03 Å². The predicted octanol–water partition coefficient (Wildman–Crippen LogP) is 6.82. The molecule has 224 valence electrons. The zero-order valence-corrected chi connectivity index (χ0v) is 25.9. The van der Waals surface area contributed by atoms with Crippen molar-refractivity contribution in [2.24, 2.45) is 0 Å². The average Bonchev–Trinajstić information content (AvgIpc) is 3.37. The van der Waals surface area contributed by atoms with Crippen molar-refractivity contribution in [2.45, 2.75) is 28.3 Å². The first kappa shape index (κ1) is 29.8. The number of halogens is 1. The fourth-order valence-corrected chi connectivity index (χ4v) is 7.66.